The summed E-state index contributed by atoms with van der Waals surface area (Å²) in [4.78, 5) is 4.51. The number of furan rings is 1. The van der Waals surface area contributed by atoms with Crippen LogP contribution in [0, 0.1) is 6.33 Å². The summed E-state index contributed by atoms with van der Waals surface area (Å²) in [7, 11) is 0. The van der Waals surface area contributed by atoms with Crippen molar-refractivity contribution in [3.63, 3.8) is 0 Å². The highest BCUT2D eigenvalue weighted by atomic mass is 32.2. The average Bonchev–Trinajstić information content (AvgIpc) is 3.48. The van der Waals surface area contributed by atoms with Crippen LogP contribution < -0.4 is 8.71 Å². The molecule has 3 aromatic heterocycles. The van der Waals surface area contributed by atoms with Crippen molar-refractivity contribution in [1.82, 2.24) is 9.55 Å². The summed E-state index contributed by atoms with van der Waals surface area (Å²) in [5.41, 5.74) is 3.97. The monoisotopic (exact) mass is 491 g/mol. The molecule has 0 unspecified atom stereocenters. The topological polar surface area (TPSA) is 44.1 Å². The number of para-hydroxylation sites is 1. The normalized spacial score (nSPS) is 11.9. The third-order valence-electron chi connectivity index (χ3n) is 6.03. The molecular formula is C30H25N3O2S. The van der Waals surface area contributed by atoms with E-state index in [0.29, 0.717) is 0 Å². The van der Waals surface area contributed by atoms with Crippen LogP contribution in [0.15, 0.2) is 107 Å². The molecule has 6 aromatic rings. The summed E-state index contributed by atoms with van der Waals surface area (Å²) < 4.78 is 16.1. The lowest BCUT2D eigenvalue weighted by Gasteiger charge is -2.18. The van der Waals surface area contributed by atoms with E-state index in [1.807, 2.05) is 87.8 Å². The third-order valence-corrected chi connectivity index (χ3v) is 6.84. The van der Waals surface area contributed by atoms with Gasteiger partial charge in [0.2, 0.25) is 0 Å². The van der Waals surface area contributed by atoms with Crippen molar-refractivity contribution in [2.24, 2.45) is 0 Å². The number of hydrogen-bond donors (Lipinski definition) is 0. The second-order valence-electron chi connectivity index (χ2n) is 9.67. The van der Waals surface area contributed by atoms with Crippen LogP contribution in [0.25, 0.3) is 27.6 Å². The molecule has 0 amide bonds. The lowest BCUT2D eigenvalue weighted by Crippen LogP contribution is -2.22. The predicted octanol–water partition coefficient (Wildman–Crippen LogP) is 7.50. The Labute approximate surface area is 214 Å². The van der Waals surface area contributed by atoms with E-state index in [2.05, 4.69) is 50.3 Å². The van der Waals surface area contributed by atoms with Crippen LogP contribution in [0.1, 0.15) is 26.3 Å². The van der Waals surface area contributed by atoms with Gasteiger partial charge in [-0.05, 0) is 53.4 Å². The minimum absolute atomic E-state index is 0.0773. The van der Waals surface area contributed by atoms with E-state index in [4.69, 9.17) is 9.15 Å². The van der Waals surface area contributed by atoms with Gasteiger partial charge in [-0.1, -0.05) is 51.1 Å². The van der Waals surface area contributed by atoms with E-state index in [-0.39, 0.29) is 5.41 Å². The number of pyridine rings is 1. The van der Waals surface area contributed by atoms with E-state index in [9.17, 15) is 0 Å². The summed E-state index contributed by atoms with van der Waals surface area (Å²) in [6, 6.07) is 26.2. The van der Waals surface area contributed by atoms with Gasteiger partial charge in [0.1, 0.15) is 39.6 Å². The van der Waals surface area contributed by atoms with Gasteiger partial charge in [0.05, 0.1) is 5.69 Å². The summed E-state index contributed by atoms with van der Waals surface area (Å²) in [6.07, 6.45) is 9.16. The van der Waals surface area contributed by atoms with Crippen LogP contribution in [0.3, 0.4) is 0 Å². The van der Waals surface area contributed by atoms with Gasteiger partial charge in [0.15, 0.2) is 0 Å². The van der Waals surface area contributed by atoms with Crippen molar-refractivity contribution in [3.05, 3.63) is 109 Å². The van der Waals surface area contributed by atoms with Crippen molar-refractivity contribution in [1.29, 1.82) is 0 Å². The Hall–Kier alpha value is -4.03. The molecule has 3 aromatic carbocycles. The maximum Gasteiger partial charge on any atom is 0.256 e. The van der Waals surface area contributed by atoms with Gasteiger partial charge in [-0.15, -0.1) is 0 Å². The highest BCUT2D eigenvalue weighted by Crippen LogP contribution is 2.33. The molecule has 0 saturated carbocycles. The molecule has 3 heterocycles. The Morgan fingerprint density at radius 3 is 2.61 bits per heavy atom. The van der Waals surface area contributed by atoms with Gasteiger partial charge < -0.3 is 13.7 Å². The zero-order valence-corrected chi connectivity index (χ0v) is 21.1. The number of nitrogens with zero attached hydrogens (tertiary/aromatic N) is 3. The van der Waals surface area contributed by atoms with Gasteiger partial charge in [0.25, 0.3) is 6.33 Å². The van der Waals surface area contributed by atoms with E-state index in [1.54, 1.807) is 0 Å². The maximum absolute atomic E-state index is 6.18. The SMILES string of the molecule is CC(C)(C)c1ccnc(S[n+]2[c-]n(-c3cccc(Oc4ccc5c(c4)oc4ccccc45)c3)cc2)c1. The molecule has 0 atom stereocenters. The van der Waals surface area contributed by atoms with E-state index >= 15 is 0 Å². The smallest absolute Gasteiger partial charge is 0.256 e. The molecule has 0 aliphatic rings. The number of hydrogen-bond acceptors (Lipinski definition) is 4. The Balaban J connectivity index is 1.22. The van der Waals surface area contributed by atoms with E-state index < -0.39 is 0 Å². The van der Waals surface area contributed by atoms with Crippen LogP contribution in [0.5, 0.6) is 11.5 Å². The Morgan fingerprint density at radius 2 is 1.72 bits per heavy atom. The summed E-state index contributed by atoms with van der Waals surface area (Å²) in [6.45, 7) is 6.61. The number of benzene rings is 3. The lowest BCUT2D eigenvalue weighted by molar-refractivity contribution is -0.498. The summed E-state index contributed by atoms with van der Waals surface area (Å²) >= 11 is 1.53. The van der Waals surface area contributed by atoms with Crippen molar-refractivity contribution >= 4 is 33.9 Å². The predicted molar refractivity (Wildman–Crippen MR) is 143 cm³/mol. The first kappa shape index (κ1) is 22.4. The Morgan fingerprint density at radius 1 is 0.889 bits per heavy atom. The largest absolute Gasteiger partial charge is 0.458 e. The van der Waals surface area contributed by atoms with E-state index in [1.165, 1.54) is 17.5 Å². The molecule has 6 rings (SSSR count). The summed E-state index contributed by atoms with van der Waals surface area (Å²) in [5, 5.41) is 3.12. The van der Waals surface area contributed by atoms with Crippen molar-refractivity contribution < 1.29 is 13.1 Å². The molecule has 0 spiro atoms. The van der Waals surface area contributed by atoms with E-state index in [0.717, 1.165) is 44.2 Å². The van der Waals surface area contributed by atoms with Gasteiger partial charge in [-0.2, -0.15) is 0 Å². The zero-order valence-electron chi connectivity index (χ0n) is 20.3. The van der Waals surface area contributed by atoms with Crippen LogP contribution in [-0.4, -0.2) is 9.55 Å². The average molecular weight is 492 g/mol. The first-order chi connectivity index (χ1) is 17.4. The molecule has 5 nitrogen and oxygen atoms in total. The number of fused-ring (bicyclic) bond motifs is 3. The molecular weight excluding hydrogens is 466 g/mol. The zero-order chi connectivity index (χ0) is 24.7. The molecule has 0 bridgehead atoms. The number of ether oxygens (including phenoxy) is 1. The molecule has 0 radical (unpaired) electrons. The van der Waals surface area contributed by atoms with Crippen molar-refractivity contribution in [2.45, 2.75) is 31.2 Å². The minimum Gasteiger partial charge on any atom is -0.458 e. The highest BCUT2D eigenvalue weighted by molar-refractivity contribution is 7.92. The maximum atomic E-state index is 6.18. The Kier molecular flexibility index (Phi) is 5.53. The number of imidazole rings is 1. The fourth-order valence-electron chi connectivity index (χ4n) is 4.12. The highest BCUT2D eigenvalue weighted by Gasteiger charge is 2.15. The lowest BCUT2D eigenvalue weighted by atomic mass is 9.88. The van der Waals surface area contributed by atoms with Crippen LogP contribution in [0.4, 0.5) is 0 Å². The second-order valence-corrected chi connectivity index (χ2v) is 10.7. The molecule has 0 N–H and O–H groups in total. The number of aromatic nitrogens is 3. The van der Waals surface area contributed by atoms with Crippen LogP contribution in [0.2, 0.25) is 0 Å². The first-order valence-electron chi connectivity index (χ1n) is 11.8. The quantitative estimate of drug-likeness (QED) is 0.185. The fraction of sp³-hybridized carbons (Fsp3) is 0.133. The molecule has 178 valence electrons. The summed E-state index contributed by atoms with van der Waals surface area (Å²) in [5.74, 6) is 1.47. The molecule has 0 aliphatic heterocycles. The molecule has 36 heavy (non-hydrogen) atoms. The van der Waals surface area contributed by atoms with Crippen molar-refractivity contribution in [2.75, 3.05) is 0 Å². The third kappa shape index (κ3) is 4.48. The van der Waals surface area contributed by atoms with Crippen molar-refractivity contribution in [3.8, 4) is 17.2 Å². The van der Waals surface area contributed by atoms with Crippen LogP contribution >= 0.6 is 11.9 Å². The fourth-order valence-corrected chi connectivity index (χ4v) is 4.86. The standard InChI is InChI=1S/C30H25N3O2S/c1-30(2,3)21-13-14-31-29(17-21)36-33-16-15-32(20-33)22-7-6-8-23(18-22)34-24-11-12-26-25-9-4-5-10-27(25)35-28(26)19-24/h4-19H,1-3H3. The molecule has 0 aliphatic carbocycles. The van der Waals surface area contributed by atoms with Crippen LogP contribution in [-0.2, 0) is 5.41 Å². The molecule has 0 saturated heterocycles. The van der Waals surface area contributed by atoms with Gasteiger partial charge in [0, 0.05) is 35.4 Å². The number of rotatable bonds is 5. The first-order valence-corrected chi connectivity index (χ1v) is 12.6. The van der Waals surface area contributed by atoms with Gasteiger partial charge in [-0.3, -0.25) is 3.97 Å². The minimum atomic E-state index is 0.0773. The van der Waals surface area contributed by atoms with Gasteiger partial charge in [-0.25, -0.2) is 4.98 Å². The molecule has 6 heteroatoms. The van der Waals surface area contributed by atoms with Gasteiger partial charge >= 0.3 is 0 Å². The Bertz CT molecular complexity index is 1690. The second kappa shape index (κ2) is 8.88. The molecule has 0 fully saturated rings.